The molecule has 0 aliphatic carbocycles. The van der Waals surface area contributed by atoms with Crippen molar-refractivity contribution in [3.8, 4) is 5.75 Å². The number of aliphatic carboxylic acids is 1. The normalized spacial score (nSPS) is 9.80. The average Bonchev–Trinajstić information content (AvgIpc) is 2.47. The first-order chi connectivity index (χ1) is 9.65. The first-order valence-electron chi connectivity index (χ1n) is 5.67. The Balaban J connectivity index is 1.97. The van der Waals surface area contributed by atoms with Gasteiger partial charge in [0.1, 0.15) is 11.4 Å². The molecular weight excluding hydrogens is 262 g/mol. The summed E-state index contributed by atoms with van der Waals surface area (Å²) in [5.41, 5.74) is 0.752. The molecule has 7 nitrogen and oxygen atoms in total. The molecule has 20 heavy (non-hydrogen) atoms. The Morgan fingerprint density at radius 3 is 2.55 bits per heavy atom. The molecule has 0 saturated heterocycles. The molecule has 0 bridgehead atoms. The van der Waals surface area contributed by atoms with Crippen molar-refractivity contribution in [1.29, 1.82) is 0 Å². The van der Waals surface area contributed by atoms with Gasteiger partial charge in [-0.15, -0.1) is 0 Å². The van der Waals surface area contributed by atoms with Gasteiger partial charge in [-0.1, -0.05) is 0 Å². The fourth-order valence-electron chi connectivity index (χ4n) is 1.39. The lowest BCUT2D eigenvalue weighted by molar-refractivity contribution is -0.139. The summed E-state index contributed by atoms with van der Waals surface area (Å²) in [6, 6.07) is 6.33. The van der Waals surface area contributed by atoms with Crippen LogP contribution >= 0.6 is 0 Å². The number of rotatable bonds is 5. The minimum Gasteiger partial charge on any atom is -0.482 e. The van der Waals surface area contributed by atoms with Crippen molar-refractivity contribution in [2.24, 2.45) is 0 Å². The van der Waals surface area contributed by atoms with Crippen LogP contribution in [0.3, 0.4) is 0 Å². The smallest absolute Gasteiger partial charge is 0.341 e. The molecule has 1 aromatic carbocycles. The lowest BCUT2D eigenvalue weighted by Crippen LogP contribution is -2.13. The van der Waals surface area contributed by atoms with Crippen LogP contribution in [0.2, 0.25) is 0 Å². The van der Waals surface area contributed by atoms with Gasteiger partial charge in [0.25, 0.3) is 5.91 Å². The summed E-state index contributed by atoms with van der Waals surface area (Å²) >= 11 is 0. The molecule has 0 radical (unpaired) electrons. The van der Waals surface area contributed by atoms with Crippen molar-refractivity contribution in [2.45, 2.75) is 0 Å². The largest absolute Gasteiger partial charge is 0.482 e. The monoisotopic (exact) mass is 273 g/mol. The van der Waals surface area contributed by atoms with E-state index in [0.717, 1.165) is 0 Å². The Hall–Kier alpha value is -2.96. The van der Waals surface area contributed by atoms with Gasteiger partial charge in [0.15, 0.2) is 6.61 Å². The molecule has 2 N–H and O–H groups in total. The first-order valence-corrected chi connectivity index (χ1v) is 5.67. The standard InChI is InChI=1S/C13H11N3O4/c17-12(18)8-20-10-3-1-9(2-4-10)16-13(19)11-7-14-5-6-15-11/h1-7H,8H2,(H,16,19)(H,17,18). The van der Waals surface area contributed by atoms with Gasteiger partial charge < -0.3 is 15.2 Å². The van der Waals surface area contributed by atoms with Crippen LogP contribution in [-0.4, -0.2) is 33.6 Å². The molecule has 0 spiro atoms. The van der Waals surface area contributed by atoms with E-state index in [1.54, 1.807) is 24.3 Å². The summed E-state index contributed by atoms with van der Waals surface area (Å²) in [6.07, 6.45) is 4.27. The maximum absolute atomic E-state index is 11.8. The third-order valence-corrected chi connectivity index (χ3v) is 2.27. The number of carboxylic acids is 1. The molecular formula is C13H11N3O4. The summed E-state index contributed by atoms with van der Waals surface area (Å²) in [4.78, 5) is 29.8. The van der Waals surface area contributed by atoms with Crippen LogP contribution in [0.1, 0.15) is 10.5 Å². The van der Waals surface area contributed by atoms with Crippen LogP contribution in [0.5, 0.6) is 5.75 Å². The zero-order valence-electron chi connectivity index (χ0n) is 10.3. The van der Waals surface area contributed by atoms with Gasteiger partial charge in [0, 0.05) is 18.1 Å². The fourth-order valence-corrected chi connectivity index (χ4v) is 1.39. The summed E-state index contributed by atoms with van der Waals surface area (Å²) in [7, 11) is 0. The average molecular weight is 273 g/mol. The molecule has 1 heterocycles. The minimum absolute atomic E-state index is 0.207. The van der Waals surface area contributed by atoms with Gasteiger partial charge in [0.05, 0.1) is 6.20 Å². The van der Waals surface area contributed by atoms with Crippen LogP contribution in [0.15, 0.2) is 42.9 Å². The molecule has 0 aliphatic heterocycles. The molecule has 1 aromatic heterocycles. The number of carbonyl (C=O) groups excluding carboxylic acids is 1. The SMILES string of the molecule is O=C(O)COc1ccc(NC(=O)c2cnccn2)cc1. The Bertz CT molecular complexity index is 599. The van der Waals surface area contributed by atoms with Gasteiger partial charge >= 0.3 is 5.97 Å². The van der Waals surface area contributed by atoms with E-state index in [-0.39, 0.29) is 11.6 Å². The number of ether oxygens (including phenoxy) is 1. The summed E-state index contributed by atoms with van der Waals surface area (Å²) in [5.74, 6) is -1.02. The topological polar surface area (TPSA) is 101 Å². The van der Waals surface area contributed by atoms with Gasteiger partial charge in [0.2, 0.25) is 0 Å². The third kappa shape index (κ3) is 3.77. The number of nitrogens with one attached hydrogen (secondary N) is 1. The number of nitrogens with zero attached hydrogens (tertiary/aromatic N) is 2. The maximum atomic E-state index is 11.8. The molecule has 7 heteroatoms. The highest BCUT2D eigenvalue weighted by molar-refractivity contribution is 6.02. The number of hydrogen-bond acceptors (Lipinski definition) is 5. The van der Waals surface area contributed by atoms with E-state index in [9.17, 15) is 9.59 Å². The third-order valence-electron chi connectivity index (χ3n) is 2.27. The van der Waals surface area contributed by atoms with Gasteiger partial charge in [-0.2, -0.15) is 0 Å². The van der Waals surface area contributed by atoms with Gasteiger partial charge in [-0.05, 0) is 24.3 Å². The quantitative estimate of drug-likeness (QED) is 0.848. The van der Waals surface area contributed by atoms with E-state index < -0.39 is 12.6 Å². The predicted molar refractivity (Wildman–Crippen MR) is 69.6 cm³/mol. The van der Waals surface area contributed by atoms with Crippen molar-refractivity contribution in [3.05, 3.63) is 48.5 Å². The van der Waals surface area contributed by atoms with Crippen LogP contribution in [0, 0.1) is 0 Å². The zero-order valence-corrected chi connectivity index (χ0v) is 10.3. The highest BCUT2D eigenvalue weighted by Gasteiger charge is 2.07. The van der Waals surface area contributed by atoms with Crippen LogP contribution in [0.4, 0.5) is 5.69 Å². The lowest BCUT2D eigenvalue weighted by Gasteiger charge is -2.06. The van der Waals surface area contributed by atoms with Crippen LogP contribution < -0.4 is 10.1 Å². The molecule has 1 amide bonds. The number of carboxylic acid groups (broad SMARTS) is 1. The van der Waals surface area contributed by atoms with Crippen molar-refractivity contribution in [3.63, 3.8) is 0 Å². The Kier molecular flexibility index (Phi) is 4.23. The number of benzene rings is 1. The van der Waals surface area contributed by atoms with Crippen molar-refractivity contribution < 1.29 is 19.4 Å². The summed E-state index contributed by atoms with van der Waals surface area (Å²) in [6.45, 7) is -0.411. The molecule has 0 fully saturated rings. The molecule has 0 aliphatic rings. The van der Waals surface area contributed by atoms with Crippen LogP contribution in [-0.2, 0) is 4.79 Å². The second kappa shape index (κ2) is 6.28. The van der Waals surface area contributed by atoms with Crippen molar-refractivity contribution >= 4 is 17.6 Å². The zero-order chi connectivity index (χ0) is 14.4. The second-order valence-electron chi connectivity index (χ2n) is 3.75. The number of anilines is 1. The number of amides is 1. The lowest BCUT2D eigenvalue weighted by atomic mass is 10.3. The predicted octanol–water partition coefficient (Wildman–Crippen LogP) is 1.19. The van der Waals surface area contributed by atoms with E-state index in [2.05, 4.69) is 15.3 Å². The Labute approximate surface area is 114 Å². The van der Waals surface area contributed by atoms with Gasteiger partial charge in [-0.3, -0.25) is 9.78 Å². The fraction of sp³-hybridized carbons (Fsp3) is 0.0769. The Morgan fingerprint density at radius 1 is 1.20 bits per heavy atom. The molecule has 102 valence electrons. The van der Waals surface area contributed by atoms with E-state index in [1.165, 1.54) is 18.6 Å². The van der Waals surface area contributed by atoms with E-state index in [0.29, 0.717) is 11.4 Å². The molecule has 2 rings (SSSR count). The summed E-state index contributed by atoms with van der Waals surface area (Å²) in [5, 5.41) is 11.1. The first kappa shape index (κ1) is 13.5. The van der Waals surface area contributed by atoms with E-state index in [1.807, 2.05) is 0 Å². The number of aromatic nitrogens is 2. The Morgan fingerprint density at radius 2 is 1.95 bits per heavy atom. The van der Waals surface area contributed by atoms with Crippen molar-refractivity contribution in [1.82, 2.24) is 9.97 Å². The molecule has 0 atom stereocenters. The highest BCUT2D eigenvalue weighted by Crippen LogP contribution is 2.16. The highest BCUT2D eigenvalue weighted by atomic mass is 16.5. The van der Waals surface area contributed by atoms with Crippen molar-refractivity contribution in [2.75, 3.05) is 11.9 Å². The maximum Gasteiger partial charge on any atom is 0.341 e. The van der Waals surface area contributed by atoms with E-state index in [4.69, 9.17) is 9.84 Å². The van der Waals surface area contributed by atoms with Gasteiger partial charge in [-0.25, -0.2) is 9.78 Å². The minimum atomic E-state index is -1.05. The number of carbonyl (C=O) groups is 2. The van der Waals surface area contributed by atoms with E-state index >= 15 is 0 Å². The van der Waals surface area contributed by atoms with Crippen LogP contribution in [0.25, 0.3) is 0 Å². The number of hydrogen-bond donors (Lipinski definition) is 2. The molecule has 2 aromatic rings. The molecule has 0 unspecified atom stereocenters. The molecule has 0 saturated carbocycles. The second-order valence-corrected chi connectivity index (χ2v) is 3.75. The summed E-state index contributed by atoms with van der Waals surface area (Å²) < 4.78 is 4.98.